The molecule has 4 N–H and O–H groups in total. The first-order chi connectivity index (χ1) is 10.8. The predicted octanol–water partition coefficient (Wildman–Crippen LogP) is 3.12. The second-order valence-corrected chi connectivity index (χ2v) is 5.91. The van der Waals surface area contributed by atoms with Crippen LogP contribution in [0.4, 0.5) is 0 Å². The van der Waals surface area contributed by atoms with Crippen LogP contribution < -0.4 is 11.5 Å². The number of rotatable bonds is 10. The number of nitrogens with zero attached hydrogens (tertiary/aromatic N) is 1. The van der Waals surface area contributed by atoms with Crippen molar-refractivity contribution in [3.05, 3.63) is 48.0 Å². The maximum atomic E-state index is 5.63. The van der Waals surface area contributed by atoms with Gasteiger partial charge in [0, 0.05) is 6.54 Å². The molecule has 0 amide bonds. The molecule has 2 aromatic rings. The fourth-order valence-electron chi connectivity index (χ4n) is 2.90. The third-order valence-electron chi connectivity index (χ3n) is 4.13. The van der Waals surface area contributed by atoms with Crippen molar-refractivity contribution in [3.63, 3.8) is 0 Å². The summed E-state index contributed by atoms with van der Waals surface area (Å²) < 4.78 is 0. The highest BCUT2D eigenvalue weighted by Gasteiger charge is 2.08. The van der Waals surface area contributed by atoms with Crippen LogP contribution in [-0.4, -0.2) is 31.1 Å². The molecule has 22 heavy (non-hydrogen) atoms. The van der Waals surface area contributed by atoms with Crippen LogP contribution in [0.3, 0.4) is 0 Å². The minimum absolute atomic E-state index is 0.783. The van der Waals surface area contributed by atoms with Crippen LogP contribution in [0, 0.1) is 0 Å². The largest absolute Gasteiger partial charge is 0.330 e. The van der Waals surface area contributed by atoms with E-state index in [1.165, 1.54) is 29.2 Å². The average Bonchev–Trinajstić information content (AvgIpc) is 2.55. The van der Waals surface area contributed by atoms with Gasteiger partial charge in [0.2, 0.25) is 0 Å². The zero-order chi connectivity index (χ0) is 15.6. The lowest BCUT2D eigenvalue weighted by molar-refractivity contribution is 0.256. The van der Waals surface area contributed by atoms with Crippen LogP contribution in [0.15, 0.2) is 42.5 Å². The molecule has 0 aromatic heterocycles. The molecule has 0 fully saturated rings. The van der Waals surface area contributed by atoms with Crippen molar-refractivity contribution < 1.29 is 0 Å². The van der Waals surface area contributed by atoms with E-state index in [9.17, 15) is 0 Å². The van der Waals surface area contributed by atoms with Gasteiger partial charge < -0.3 is 11.5 Å². The molecule has 3 nitrogen and oxygen atoms in total. The molecular weight excluding hydrogens is 270 g/mol. The van der Waals surface area contributed by atoms with Crippen LogP contribution in [-0.2, 0) is 6.54 Å². The molecular formula is C19H29N3. The van der Waals surface area contributed by atoms with Gasteiger partial charge in [0.15, 0.2) is 0 Å². The van der Waals surface area contributed by atoms with E-state index in [2.05, 4.69) is 47.4 Å². The second-order valence-electron chi connectivity index (χ2n) is 5.91. The van der Waals surface area contributed by atoms with Crippen molar-refractivity contribution in [2.24, 2.45) is 11.5 Å². The highest BCUT2D eigenvalue weighted by molar-refractivity contribution is 5.85. The molecule has 0 saturated heterocycles. The molecule has 0 bridgehead atoms. The zero-order valence-electron chi connectivity index (χ0n) is 13.5. The normalized spacial score (nSPS) is 11.4. The third-order valence-corrected chi connectivity index (χ3v) is 4.13. The first kappa shape index (κ1) is 16.9. The van der Waals surface area contributed by atoms with Crippen LogP contribution in [0.5, 0.6) is 0 Å². The van der Waals surface area contributed by atoms with E-state index in [1.807, 2.05) is 0 Å². The molecule has 0 radical (unpaired) electrons. The molecule has 0 heterocycles. The van der Waals surface area contributed by atoms with E-state index in [0.717, 1.165) is 45.6 Å². The van der Waals surface area contributed by atoms with E-state index in [0.29, 0.717) is 0 Å². The summed E-state index contributed by atoms with van der Waals surface area (Å²) in [4.78, 5) is 2.55. The molecule has 0 spiro atoms. The van der Waals surface area contributed by atoms with Gasteiger partial charge in [0.1, 0.15) is 0 Å². The van der Waals surface area contributed by atoms with Gasteiger partial charge in [-0.3, -0.25) is 4.90 Å². The highest BCUT2D eigenvalue weighted by Crippen LogP contribution is 2.20. The maximum Gasteiger partial charge on any atom is 0.0239 e. The first-order valence-electron chi connectivity index (χ1n) is 8.44. The Kier molecular flexibility index (Phi) is 7.37. The monoisotopic (exact) mass is 299 g/mol. The second kappa shape index (κ2) is 9.57. The Morgan fingerprint density at radius 3 is 2.05 bits per heavy atom. The van der Waals surface area contributed by atoms with Crippen molar-refractivity contribution in [3.8, 4) is 0 Å². The number of fused-ring (bicyclic) bond motifs is 1. The quantitative estimate of drug-likeness (QED) is 0.663. The van der Waals surface area contributed by atoms with Crippen molar-refractivity contribution in [2.75, 3.05) is 26.2 Å². The Labute approximate surface area is 134 Å². The lowest BCUT2D eigenvalue weighted by Gasteiger charge is -2.23. The Morgan fingerprint density at radius 1 is 0.727 bits per heavy atom. The SMILES string of the molecule is NCCCCN(CCCCN)Cc1cccc2ccccc12. The smallest absolute Gasteiger partial charge is 0.0239 e. The van der Waals surface area contributed by atoms with Gasteiger partial charge in [-0.25, -0.2) is 0 Å². The van der Waals surface area contributed by atoms with Crippen molar-refractivity contribution in [1.29, 1.82) is 0 Å². The Bertz CT molecular complexity index is 538. The summed E-state index contributed by atoms with van der Waals surface area (Å²) in [6, 6.07) is 15.2. The summed E-state index contributed by atoms with van der Waals surface area (Å²) in [6.07, 6.45) is 4.54. The van der Waals surface area contributed by atoms with Gasteiger partial charge in [0.05, 0.1) is 0 Å². The molecule has 0 aliphatic rings. The fourth-order valence-corrected chi connectivity index (χ4v) is 2.90. The summed E-state index contributed by atoms with van der Waals surface area (Å²) in [6.45, 7) is 4.81. The minimum atomic E-state index is 0.783. The topological polar surface area (TPSA) is 55.3 Å². The van der Waals surface area contributed by atoms with Crippen LogP contribution >= 0.6 is 0 Å². The van der Waals surface area contributed by atoms with Gasteiger partial charge >= 0.3 is 0 Å². The van der Waals surface area contributed by atoms with Gasteiger partial charge in [-0.2, -0.15) is 0 Å². The Hall–Kier alpha value is -1.42. The molecule has 0 atom stereocenters. The molecule has 0 aliphatic heterocycles. The van der Waals surface area contributed by atoms with E-state index >= 15 is 0 Å². The third kappa shape index (κ3) is 5.09. The average molecular weight is 299 g/mol. The molecule has 0 unspecified atom stereocenters. The van der Waals surface area contributed by atoms with Crippen molar-refractivity contribution >= 4 is 10.8 Å². The number of unbranched alkanes of at least 4 members (excludes halogenated alkanes) is 2. The first-order valence-corrected chi connectivity index (χ1v) is 8.44. The van der Waals surface area contributed by atoms with Gasteiger partial charge in [-0.15, -0.1) is 0 Å². The fraction of sp³-hybridized carbons (Fsp3) is 0.474. The van der Waals surface area contributed by atoms with Gasteiger partial charge in [-0.1, -0.05) is 42.5 Å². The standard InChI is InChI=1S/C19H29N3/c20-12-3-5-14-22(15-6-4-13-21)16-18-10-7-9-17-8-1-2-11-19(17)18/h1-2,7-11H,3-6,12-16,20-21H2. The van der Waals surface area contributed by atoms with E-state index in [-0.39, 0.29) is 0 Å². The minimum Gasteiger partial charge on any atom is -0.330 e. The van der Waals surface area contributed by atoms with Crippen LogP contribution in [0.25, 0.3) is 10.8 Å². The molecule has 0 aliphatic carbocycles. The Balaban J connectivity index is 2.06. The van der Waals surface area contributed by atoms with E-state index < -0.39 is 0 Å². The lowest BCUT2D eigenvalue weighted by atomic mass is 10.0. The lowest BCUT2D eigenvalue weighted by Crippen LogP contribution is -2.26. The summed E-state index contributed by atoms with van der Waals surface area (Å²) in [5.41, 5.74) is 12.7. The van der Waals surface area contributed by atoms with Crippen LogP contribution in [0.1, 0.15) is 31.2 Å². The maximum absolute atomic E-state index is 5.63. The summed E-state index contributed by atoms with van der Waals surface area (Å²) in [7, 11) is 0. The van der Waals surface area contributed by atoms with Gasteiger partial charge in [0.25, 0.3) is 0 Å². The predicted molar refractivity (Wildman–Crippen MR) is 95.8 cm³/mol. The summed E-state index contributed by atoms with van der Waals surface area (Å²) >= 11 is 0. The highest BCUT2D eigenvalue weighted by atomic mass is 15.1. The van der Waals surface area contributed by atoms with E-state index in [1.54, 1.807) is 0 Å². The molecule has 3 heteroatoms. The Morgan fingerprint density at radius 2 is 1.36 bits per heavy atom. The zero-order valence-corrected chi connectivity index (χ0v) is 13.5. The molecule has 0 saturated carbocycles. The number of benzene rings is 2. The van der Waals surface area contributed by atoms with E-state index in [4.69, 9.17) is 11.5 Å². The molecule has 120 valence electrons. The number of nitrogens with two attached hydrogens (primary N) is 2. The van der Waals surface area contributed by atoms with Gasteiger partial charge in [-0.05, 0) is 68.2 Å². The van der Waals surface area contributed by atoms with Crippen LogP contribution in [0.2, 0.25) is 0 Å². The number of hydrogen-bond acceptors (Lipinski definition) is 3. The van der Waals surface area contributed by atoms with Crippen molar-refractivity contribution in [2.45, 2.75) is 32.2 Å². The molecule has 2 aromatic carbocycles. The molecule has 2 rings (SSSR count). The van der Waals surface area contributed by atoms with Crippen molar-refractivity contribution in [1.82, 2.24) is 4.90 Å². The summed E-state index contributed by atoms with van der Waals surface area (Å²) in [5, 5.41) is 2.69. The number of hydrogen-bond donors (Lipinski definition) is 2. The summed E-state index contributed by atoms with van der Waals surface area (Å²) in [5.74, 6) is 0.